The number of aromatic hydroxyl groups is 1. The summed E-state index contributed by atoms with van der Waals surface area (Å²) in [6.45, 7) is 4.68. The van der Waals surface area contributed by atoms with Crippen LogP contribution >= 0.6 is 0 Å². The topological polar surface area (TPSA) is 75.5 Å². The summed E-state index contributed by atoms with van der Waals surface area (Å²) in [5.41, 5.74) is 2.76. The van der Waals surface area contributed by atoms with Crippen molar-refractivity contribution in [2.75, 3.05) is 20.8 Å². The van der Waals surface area contributed by atoms with Crippen molar-refractivity contribution < 1.29 is 37.4 Å². The number of phenols is 1. The van der Waals surface area contributed by atoms with Crippen LogP contribution in [0.15, 0.2) is 36.4 Å². The van der Waals surface area contributed by atoms with E-state index in [1.807, 2.05) is 38.1 Å². The van der Waals surface area contributed by atoms with Gasteiger partial charge in [0.05, 0.1) is 20.8 Å². The summed E-state index contributed by atoms with van der Waals surface area (Å²) in [5, 5.41) is 22.2. The largest absolute Gasteiger partial charge is 1.00 e. The predicted octanol–water partition coefficient (Wildman–Crippen LogP) is -1.05. The Morgan fingerprint density at radius 1 is 1.04 bits per heavy atom. The monoisotopic (exact) mass is 381 g/mol. The molecule has 0 saturated carbocycles. The van der Waals surface area contributed by atoms with Crippen LogP contribution in [0.2, 0.25) is 0 Å². The lowest BCUT2D eigenvalue weighted by Crippen LogP contribution is -3.00. The van der Waals surface area contributed by atoms with Gasteiger partial charge in [-0.2, -0.15) is 0 Å². The van der Waals surface area contributed by atoms with E-state index in [-0.39, 0.29) is 24.2 Å². The maximum Gasteiger partial charge on any atom is 0.160 e. The van der Waals surface area contributed by atoms with Gasteiger partial charge in [-0.25, -0.2) is 0 Å². The van der Waals surface area contributed by atoms with Crippen LogP contribution in [-0.4, -0.2) is 37.0 Å². The van der Waals surface area contributed by atoms with Crippen LogP contribution in [0.4, 0.5) is 0 Å². The molecule has 0 aliphatic carbocycles. The Balaban J connectivity index is 0.00000338. The summed E-state index contributed by atoms with van der Waals surface area (Å²) in [6.07, 6.45) is 0.288. The van der Waals surface area contributed by atoms with Crippen molar-refractivity contribution in [2.24, 2.45) is 0 Å². The molecule has 0 aromatic heterocycles. The summed E-state index contributed by atoms with van der Waals surface area (Å²) in [7, 11) is 3.26. The third-order valence-corrected chi connectivity index (χ3v) is 4.48. The van der Waals surface area contributed by atoms with E-state index in [9.17, 15) is 10.2 Å². The first-order valence-corrected chi connectivity index (χ1v) is 8.48. The average Bonchev–Trinajstić information content (AvgIpc) is 2.63. The second-order valence-corrected chi connectivity index (χ2v) is 6.31. The van der Waals surface area contributed by atoms with Crippen molar-refractivity contribution in [2.45, 2.75) is 32.4 Å². The summed E-state index contributed by atoms with van der Waals surface area (Å²) in [5.74, 6) is 1.70. The zero-order chi connectivity index (χ0) is 18.4. The van der Waals surface area contributed by atoms with Gasteiger partial charge >= 0.3 is 0 Å². The van der Waals surface area contributed by atoms with Crippen LogP contribution < -0.4 is 27.2 Å². The Morgan fingerprint density at radius 2 is 1.73 bits per heavy atom. The van der Waals surface area contributed by atoms with E-state index in [2.05, 4.69) is 5.32 Å². The minimum atomic E-state index is -0.579. The molecule has 2 aromatic rings. The molecule has 0 heterocycles. The molecule has 0 aliphatic rings. The maximum absolute atomic E-state index is 10.5. The van der Waals surface area contributed by atoms with Crippen molar-refractivity contribution in [1.29, 1.82) is 0 Å². The number of benzene rings is 2. The van der Waals surface area contributed by atoms with Crippen LogP contribution in [0.25, 0.3) is 0 Å². The van der Waals surface area contributed by atoms with Gasteiger partial charge in [-0.1, -0.05) is 12.1 Å². The normalized spacial score (nSPS) is 12.8. The molecule has 144 valence electrons. The molecule has 26 heavy (non-hydrogen) atoms. The molecule has 0 bridgehead atoms. The Hall–Kier alpha value is -1.95. The molecular weight excluding hydrogens is 354 g/mol. The summed E-state index contributed by atoms with van der Waals surface area (Å²) in [6, 6.07) is 11.2. The second kappa shape index (κ2) is 10.3. The lowest BCUT2D eigenvalue weighted by atomic mass is 10.0. The van der Waals surface area contributed by atoms with Crippen LogP contribution in [0.3, 0.4) is 0 Å². The third-order valence-electron chi connectivity index (χ3n) is 4.48. The van der Waals surface area contributed by atoms with Crippen molar-refractivity contribution in [3.63, 3.8) is 0 Å². The lowest BCUT2D eigenvalue weighted by molar-refractivity contribution is -0.694. The molecule has 0 saturated heterocycles. The van der Waals surface area contributed by atoms with Crippen molar-refractivity contribution >= 4 is 0 Å². The first-order chi connectivity index (χ1) is 12.0. The van der Waals surface area contributed by atoms with E-state index in [1.54, 1.807) is 26.4 Å². The molecule has 0 amide bonds. The van der Waals surface area contributed by atoms with Gasteiger partial charge in [0.15, 0.2) is 11.5 Å². The fourth-order valence-electron chi connectivity index (χ4n) is 2.84. The maximum atomic E-state index is 10.5. The van der Waals surface area contributed by atoms with Crippen molar-refractivity contribution in [1.82, 2.24) is 0 Å². The number of quaternary nitrogens is 1. The number of phenolic OH excluding ortho intramolecular Hbond substituents is 1. The van der Waals surface area contributed by atoms with Gasteiger partial charge in [0, 0.05) is 6.42 Å². The Bertz CT molecular complexity index is 708. The van der Waals surface area contributed by atoms with Crippen LogP contribution in [-0.2, 0) is 6.42 Å². The van der Waals surface area contributed by atoms with Gasteiger partial charge in [0.25, 0.3) is 0 Å². The van der Waals surface area contributed by atoms with E-state index in [0.717, 1.165) is 41.2 Å². The predicted molar refractivity (Wildman–Crippen MR) is 97.3 cm³/mol. The average molecular weight is 382 g/mol. The minimum Gasteiger partial charge on any atom is -1.00 e. The van der Waals surface area contributed by atoms with Crippen molar-refractivity contribution in [3.05, 3.63) is 53.1 Å². The molecular formula is C20H28ClNO4. The molecule has 4 N–H and O–H groups in total. The van der Waals surface area contributed by atoms with Gasteiger partial charge in [-0.05, 0) is 54.8 Å². The van der Waals surface area contributed by atoms with Gasteiger partial charge in [0.2, 0.25) is 0 Å². The van der Waals surface area contributed by atoms with Crippen LogP contribution in [0.1, 0.15) is 29.7 Å². The lowest BCUT2D eigenvalue weighted by Gasteiger charge is -2.18. The summed E-state index contributed by atoms with van der Waals surface area (Å²) >= 11 is 0. The zero-order valence-corrected chi connectivity index (χ0v) is 16.5. The Labute approximate surface area is 161 Å². The van der Waals surface area contributed by atoms with Gasteiger partial charge in [-0.3, -0.25) is 0 Å². The fourth-order valence-corrected chi connectivity index (χ4v) is 2.84. The second-order valence-electron chi connectivity index (χ2n) is 6.31. The van der Waals surface area contributed by atoms with Gasteiger partial charge in [0.1, 0.15) is 17.9 Å². The highest BCUT2D eigenvalue weighted by Crippen LogP contribution is 2.27. The SMILES string of the molecule is COc1ccc(CC[NH2+]C(C)C(O)c2ccc(O)c(C)c2)cc1OC.[Cl-]. The number of halogens is 1. The number of methoxy groups -OCH3 is 2. The molecule has 2 atom stereocenters. The van der Waals surface area contributed by atoms with E-state index >= 15 is 0 Å². The quantitative estimate of drug-likeness (QED) is 0.545. The highest BCUT2D eigenvalue weighted by atomic mass is 35.5. The number of aliphatic hydroxyl groups excluding tert-OH is 1. The third kappa shape index (κ3) is 5.53. The van der Waals surface area contributed by atoms with Crippen LogP contribution in [0, 0.1) is 6.92 Å². The first kappa shape index (κ1) is 22.1. The van der Waals surface area contributed by atoms with E-state index in [0.29, 0.717) is 0 Å². The summed E-state index contributed by atoms with van der Waals surface area (Å²) < 4.78 is 10.6. The molecule has 5 nitrogen and oxygen atoms in total. The number of aryl methyl sites for hydroxylation is 1. The molecule has 0 fully saturated rings. The fraction of sp³-hybridized carbons (Fsp3) is 0.400. The Kier molecular flexibility index (Phi) is 8.72. The van der Waals surface area contributed by atoms with Gasteiger partial charge < -0.3 is 37.4 Å². The van der Waals surface area contributed by atoms with Crippen molar-refractivity contribution in [3.8, 4) is 17.2 Å². The molecule has 0 radical (unpaired) electrons. The van der Waals surface area contributed by atoms with Gasteiger partial charge in [-0.15, -0.1) is 0 Å². The number of nitrogens with two attached hydrogens (primary N) is 1. The molecule has 0 spiro atoms. The molecule has 2 aromatic carbocycles. The molecule has 2 rings (SSSR count). The van der Waals surface area contributed by atoms with Crippen LogP contribution in [0.5, 0.6) is 17.2 Å². The Morgan fingerprint density at radius 3 is 2.35 bits per heavy atom. The number of hydrogen-bond donors (Lipinski definition) is 3. The summed E-state index contributed by atoms with van der Waals surface area (Å²) in [4.78, 5) is 0. The molecule has 0 aliphatic heterocycles. The first-order valence-electron chi connectivity index (χ1n) is 8.48. The zero-order valence-electron chi connectivity index (χ0n) is 15.7. The number of rotatable bonds is 8. The molecule has 2 unspecified atom stereocenters. The number of hydrogen-bond acceptors (Lipinski definition) is 4. The highest BCUT2D eigenvalue weighted by molar-refractivity contribution is 5.42. The standard InChI is InChI=1S/C20H27NO4.ClH/c1-13-11-16(6-7-17(13)22)20(23)14(2)21-10-9-15-5-8-18(24-3)19(12-15)25-4;/h5-8,11-12,14,20-23H,9-10H2,1-4H3;1H. The minimum absolute atomic E-state index is 0. The molecule has 6 heteroatoms. The van der Waals surface area contributed by atoms with E-state index in [1.165, 1.54) is 0 Å². The smallest absolute Gasteiger partial charge is 0.160 e. The highest BCUT2D eigenvalue weighted by Gasteiger charge is 2.19. The van der Waals surface area contributed by atoms with E-state index < -0.39 is 6.10 Å². The number of ether oxygens (including phenoxy) is 2. The number of aliphatic hydroxyl groups is 1. The van der Waals surface area contributed by atoms with E-state index in [4.69, 9.17) is 9.47 Å².